The summed E-state index contributed by atoms with van der Waals surface area (Å²) in [4.78, 5) is -0.228. The van der Waals surface area contributed by atoms with Gasteiger partial charge in [-0.15, -0.1) is 0 Å². The molecule has 0 bridgehead atoms. The van der Waals surface area contributed by atoms with Crippen molar-refractivity contribution in [3.05, 3.63) is 82.6 Å². The molecular formula is C18H13Cl2FN2O4S2. The van der Waals surface area contributed by atoms with Gasteiger partial charge in [-0.1, -0.05) is 23.2 Å². The van der Waals surface area contributed by atoms with Gasteiger partial charge in [0.05, 0.1) is 15.5 Å². The molecule has 0 spiro atoms. The fourth-order valence-corrected chi connectivity index (χ4v) is 4.98. The minimum atomic E-state index is -3.95. The molecule has 29 heavy (non-hydrogen) atoms. The lowest BCUT2D eigenvalue weighted by molar-refractivity contribution is 0.599. The van der Waals surface area contributed by atoms with Crippen LogP contribution in [-0.2, 0) is 20.0 Å². The Morgan fingerprint density at radius 1 is 0.621 bits per heavy atom. The molecule has 0 fully saturated rings. The van der Waals surface area contributed by atoms with Gasteiger partial charge < -0.3 is 0 Å². The first-order valence-electron chi connectivity index (χ1n) is 7.92. The number of rotatable bonds is 6. The van der Waals surface area contributed by atoms with Gasteiger partial charge >= 0.3 is 0 Å². The van der Waals surface area contributed by atoms with Crippen molar-refractivity contribution in [2.45, 2.75) is 9.79 Å². The predicted molar refractivity (Wildman–Crippen MR) is 111 cm³/mol. The molecule has 3 rings (SSSR count). The van der Waals surface area contributed by atoms with E-state index in [9.17, 15) is 21.2 Å². The molecule has 0 radical (unpaired) electrons. The molecule has 2 N–H and O–H groups in total. The van der Waals surface area contributed by atoms with Crippen LogP contribution in [0.25, 0.3) is 0 Å². The molecule has 152 valence electrons. The first-order chi connectivity index (χ1) is 13.5. The molecule has 11 heteroatoms. The standard InChI is InChI=1S/C18H13Cl2FN2O4S2/c19-12-9-13(20)11-16(10-12)23-29(26,27)18-7-3-15(4-8-18)22-28(24,25)17-5-1-14(21)2-6-17/h1-11,22-23H. The zero-order valence-electron chi connectivity index (χ0n) is 14.4. The average molecular weight is 475 g/mol. The molecule has 3 aromatic rings. The van der Waals surface area contributed by atoms with Crippen LogP contribution in [0.4, 0.5) is 15.8 Å². The zero-order valence-corrected chi connectivity index (χ0v) is 17.6. The van der Waals surface area contributed by atoms with Crippen molar-refractivity contribution in [2.75, 3.05) is 9.44 Å². The Morgan fingerprint density at radius 3 is 1.52 bits per heavy atom. The second-order valence-electron chi connectivity index (χ2n) is 5.85. The second-order valence-corrected chi connectivity index (χ2v) is 10.1. The third kappa shape index (κ3) is 5.39. The summed E-state index contributed by atoms with van der Waals surface area (Å²) in [5.74, 6) is -0.563. The van der Waals surface area contributed by atoms with Gasteiger partial charge in [0.2, 0.25) is 0 Å². The maximum absolute atomic E-state index is 13.0. The van der Waals surface area contributed by atoms with Crippen molar-refractivity contribution in [2.24, 2.45) is 0 Å². The lowest BCUT2D eigenvalue weighted by Crippen LogP contribution is -2.14. The normalized spacial score (nSPS) is 11.8. The van der Waals surface area contributed by atoms with Crippen LogP contribution in [0.3, 0.4) is 0 Å². The highest BCUT2D eigenvalue weighted by atomic mass is 35.5. The van der Waals surface area contributed by atoms with Crippen molar-refractivity contribution in [3.63, 3.8) is 0 Å². The Kier molecular flexibility index (Phi) is 6.04. The average Bonchev–Trinajstić information content (AvgIpc) is 2.61. The first-order valence-corrected chi connectivity index (χ1v) is 11.6. The highest BCUT2D eigenvalue weighted by Gasteiger charge is 2.17. The summed E-state index contributed by atoms with van der Waals surface area (Å²) in [7, 11) is -7.90. The quantitative estimate of drug-likeness (QED) is 0.539. The van der Waals surface area contributed by atoms with Crippen LogP contribution in [0.15, 0.2) is 76.5 Å². The van der Waals surface area contributed by atoms with Crippen LogP contribution in [0.2, 0.25) is 10.0 Å². The maximum Gasteiger partial charge on any atom is 0.261 e. The van der Waals surface area contributed by atoms with E-state index in [1.165, 1.54) is 42.5 Å². The summed E-state index contributed by atoms with van der Waals surface area (Å²) < 4.78 is 67.2. The van der Waals surface area contributed by atoms with Crippen LogP contribution in [0, 0.1) is 5.82 Å². The van der Waals surface area contributed by atoms with E-state index >= 15 is 0 Å². The van der Waals surface area contributed by atoms with Crippen LogP contribution in [-0.4, -0.2) is 16.8 Å². The molecule has 0 aliphatic rings. The van der Waals surface area contributed by atoms with Crippen LogP contribution < -0.4 is 9.44 Å². The number of benzene rings is 3. The van der Waals surface area contributed by atoms with Gasteiger partial charge in [0.15, 0.2) is 0 Å². The minimum Gasteiger partial charge on any atom is -0.280 e. The molecule has 0 aliphatic carbocycles. The highest BCUT2D eigenvalue weighted by molar-refractivity contribution is 7.93. The van der Waals surface area contributed by atoms with E-state index in [2.05, 4.69) is 9.44 Å². The fraction of sp³-hybridized carbons (Fsp3) is 0. The van der Waals surface area contributed by atoms with E-state index in [1.807, 2.05) is 0 Å². The van der Waals surface area contributed by atoms with E-state index < -0.39 is 25.9 Å². The third-order valence-corrected chi connectivity index (χ3v) is 6.89. The molecule has 0 saturated carbocycles. The summed E-state index contributed by atoms with van der Waals surface area (Å²) in [6.07, 6.45) is 0. The molecule has 0 heterocycles. The largest absolute Gasteiger partial charge is 0.280 e. The Morgan fingerprint density at radius 2 is 1.03 bits per heavy atom. The summed E-state index contributed by atoms with van der Waals surface area (Å²) in [5.41, 5.74) is 0.322. The molecule has 0 atom stereocenters. The summed E-state index contributed by atoms with van der Waals surface area (Å²) in [5, 5.41) is 0.529. The first kappa shape index (κ1) is 21.4. The Hall–Kier alpha value is -2.33. The zero-order chi connectivity index (χ0) is 21.2. The van der Waals surface area contributed by atoms with Crippen molar-refractivity contribution in [1.29, 1.82) is 0 Å². The number of halogens is 3. The molecule has 0 unspecified atom stereocenters. The highest BCUT2D eigenvalue weighted by Crippen LogP contribution is 2.25. The lowest BCUT2D eigenvalue weighted by atomic mass is 10.3. The molecule has 0 aromatic heterocycles. The van der Waals surface area contributed by atoms with Crippen molar-refractivity contribution in [3.8, 4) is 0 Å². The van der Waals surface area contributed by atoms with E-state index in [-0.39, 0.29) is 31.2 Å². The summed E-state index contributed by atoms with van der Waals surface area (Å²) >= 11 is 11.7. The molecule has 6 nitrogen and oxygen atoms in total. The smallest absolute Gasteiger partial charge is 0.261 e. The van der Waals surface area contributed by atoms with Crippen molar-refractivity contribution in [1.82, 2.24) is 0 Å². The van der Waals surface area contributed by atoms with Gasteiger partial charge in [0.25, 0.3) is 20.0 Å². The van der Waals surface area contributed by atoms with Gasteiger partial charge in [-0.25, -0.2) is 21.2 Å². The van der Waals surface area contributed by atoms with Crippen LogP contribution in [0.5, 0.6) is 0 Å². The number of hydrogen-bond donors (Lipinski definition) is 2. The van der Waals surface area contributed by atoms with Crippen LogP contribution in [0.1, 0.15) is 0 Å². The SMILES string of the molecule is O=S(=O)(Nc1ccc(S(=O)(=O)Nc2cc(Cl)cc(Cl)c2)cc1)c1ccc(F)cc1. The number of nitrogens with one attached hydrogen (secondary N) is 2. The van der Waals surface area contributed by atoms with Gasteiger partial charge in [-0.05, 0) is 66.7 Å². The number of sulfonamides is 2. The van der Waals surface area contributed by atoms with E-state index in [0.29, 0.717) is 0 Å². The van der Waals surface area contributed by atoms with Crippen molar-refractivity contribution >= 4 is 54.6 Å². The Balaban J connectivity index is 1.79. The molecule has 3 aromatic carbocycles. The Labute approximate surface area is 177 Å². The van der Waals surface area contributed by atoms with Gasteiger partial charge in [-0.3, -0.25) is 9.44 Å². The maximum atomic E-state index is 13.0. The van der Waals surface area contributed by atoms with E-state index in [1.54, 1.807) is 0 Å². The fourth-order valence-electron chi connectivity index (χ4n) is 2.36. The van der Waals surface area contributed by atoms with Gasteiger partial charge in [0.1, 0.15) is 5.82 Å². The van der Waals surface area contributed by atoms with Crippen molar-refractivity contribution < 1.29 is 21.2 Å². The minimum absolute atomic E-state index is 0.0988. The third-order valence-electron chi connectivity index (χ3n) is 3.66. The number of anilines is 2. The van der Waals surface area contributed by atoms with Crippen LogP contribution >= 0.6 is 23.2 Å². The molecule has 0 aliphatic heterocycles. The lowest BCUT2D eigenvalue weighted by Gasteiger charge is -2.11. The topological polar surface area (TPSA) is 92.3 Å². The summed E-state index contributed by atoms with van der Waals surface area (Å²) in [6.45, 7) is 0. The predicted octanol–water partition coefficient (Wildman–Crippen LogP) is 4.73. The molecular weight excluding hydrogens is 462 g/mol. The van der Waals surface area contributed by atoms with Gasteiger partial charge in [0, 0.05) is 15.7 Å². The van der Waals surface area contributed by atoms with Gasteiger partial charge in [-0.2, -0.15) is 0 Å². The molecule has 0 saturated heterocycles. The second kappa shape index (κ2) is 8.19. The number of hydrogen-bond acceptors (Lipinski definition) is 4. The van der Waals surface area contributed by atoms with E-state index in [4.69, 9.17) is 23.2 Å². The molecule has 0 amide bonds. The summed E-state index contributed by atoms with van der Waals surface area (Å²) in [6, 6.07) is 13.6. The Bertz CT molecular complexity index is 1230. The monoisotopic (exact) mass is 474 g/mol. The van der Waals surface area contributed by atoms with E-state index in [0.717, 1.165) is 24.3 Å².